The van der Waals surface area contributed by atoms with Crippen LogP contribution in [0.2, 0.25) is 0 Å². The number of methoxy groups -OCH3 is 1. The zero-order valence-corrected chi connectivity index (χ0v) is 12.6. The van der Waals surface area contributed by atoms with Crippen molar-refractivity contribution in [3.63, 3.8) is 0 Å². The van der Waals surface area contributed by atoms with Crippen molar-refractivity contribution in [2.45, 2.75) is 32.9 Å². The monoisotopic (exact) mass is 293 g/mol. The fourth-order valence-corrected chi connectivity index (χ4v) is 2.50. The van der Waals surface area contributed by atoms with Gasteiger partial charge in [-0.3, -0.25) is 19.9 Å². The van der Waals surface area contributed by atoms with Gasteiger partial charge >= 0.3 is 0 Å². The standard InChI is InChI=1S/C14H19N3O4/c1-8-6-15-11(9(2)13(8)21-4)7-16(3)14(18)10-5-12(10)17(19)20/h6,10,12H,5,7H2,1-4H3/t10-,12-/m1/s1. The lowest BCUT2D eigenvalue weighted by Crippen LogP contribution is -2.30. The van der Waals surface area contributed by atoms with Crippen LogP contribution in [-0.2, 0) is 11.3 Å². The van der Waals surface area contributed by atoms with Gasteiger partial charge in [-0.2, -0.15) is 0 Å². The second kappa shape index (κ2) is 5.67. The minimum Gasteiger partial charge on any atom is -0.496 e. The van der Waals surface area contributed by atoms with Crippen LogP contribution in [0.15, 0.2) is 6.20 Å². The van der Waals surface area contributed by atoms with E-state index >= 15 is 0 Å². The number of carbonyl (C=O) groups excluding carboxylic acids is 1. The minimum atomic E-state index is -0.721. The van der Waals surface area contributed by atoms with Crippen LogP contribution < -0.4 is 4.74 Å². The molecule has 0 aromatic carbocycles. The van der Waals surface area contributed by atoms with E-state index in [4.69, 9.17) is 4.74 Å². The van der Waals surface area contributed by atoms with Crippen molar-refractivity contribution >= 4 is 5.91 Å². The predicted molar refractivity (Wildman–Crippen MR) is 75.6 cm³/mol. The van der Waals surface area contributed by atoms with Crippen molar-refractivity contribution in [1.29, 1.82) is 0 Å². The van der Waals surface area contributed by atoms with E-state index in [2.05, 4.69) is 4.98 Å². The van der Waals surface area contributed by atoms with Crippen molar-refractivity contribution in [3.8, 4) is 5.75 Å². The Kier molecular flexibility index (Phi) is 4.11. The molecule has 0 spiro atoms. The van der Waals surface area contributed by atoms with Gasteiger partial charge in [-0.05, 0) is 13.8 Å². The number of aromatic nitrogens is 1. The molecule has 7 nitrogen and oxygen atoms in total. The molecule has 0 unspecified atom stereocenters. The van der Waals surface area contributed by atoms with Crippen LogP contribution in [0.4, 0.5) is 0 Å². The number of rotatable bonds is 5. The minimum absolute atomic E-state index is 0.197. The normalized spacial score (nSPS) is 20.0. The molecule has 1 fully saturated rings. The van der Waals surface area contributed by atoms with Crippen molar-refractivity contribution < 1.29 is 14.5 Å². The Hall–Kier alpha value is -2.18. The van der Waals surface area contributed by atoms with E-state index < -0.39 is 12.0 Å². The molecule has 1 saturated carbocycles. The number of carbonyl (C=O) groups is 1. The molecule has 0 N–H and O–H groups in total. The summed E-state index contributed by atoms with van der Waals surface area (Å²) >= 11 is 0. The Morgan fingerprint density at radius 1 is 1.57 bits per heavy atom. The van der Waals surface area contributed by atoms with E-state index in [9.17, 15) is 14.9 Å². The number of nitro groups is 1. The second-order valence-electron chi connectivity index (χ2n) is 5.44. The fourth-order valence-electron chi connectivity index (χ4n) is 2.50. The molecule has 2 rings (SSSR count). The summed E-state index contributed by atoms with van der Waals surface area (Å²) in [5.74, 6) is 0.0746. The highest BCUT2D eigenvalue weighted by Crippen LogP contribution is 2.35. The number of aryl methyl sites for hydroxylation is 1. The number of hydrogen-bond acceptors (Lipinski definition) is 5. The average molecular weight is 293 g/mol. The Balaban J connectivity index is 2.08. The van der Waals surface area contributed by atoms with Gasteiger partial charge in [0.25, 0.3) is 0 Å². The summed E-state index contributed by atoms with van der Waals surface area (Å²) in [6.45, 7) is 4.12. The van der Waals surface area contributed by atoms with Gasteiger partial charge in [-0.1, -0.05) is 0 Å². The molecule has 2 atom stereocenters. The van der Waals surface area contributed by atoms with Crippen LogP contribution >= 0.6 is 0 Å². The van der Waals surface area contributed by atoms with Crippen molar-refractivity contribution in [3.05, 3.63) is 33.1 Å². The molecule has 0 bridgehead atoms. The van der Waals surface area contributed by atoms with Crippen LogP contribution in [0, 0.1) is 29.9 Å². The average Bonchev–Trinajstić information content (AvgIpc) is 3.22. The molecule has 21 heavy (non-hydrogen) atoms. The number of ether oxygens (including phenoxy) is 1. The van der Waals surface area contributed by atoms with E-state index in [1.165, 1.54) is 4.90 Å². The van der Waals surface area contributed by atoms with Crippen molar-refractivity contribution in [1.82, 2.24) is 9.88 Å². The molecular formula is C14H19N3O4. The van der Waals surface area contributed by atoms with E-state index in [0.29, 0.717) is 13.0 Å². The maximum atomic E-state index is 12.1. The highest BCUT2D eigenvalue weighted by atomic mass is 16.6. The first-order valence-corrected chi connectivity index (χ1v) is 6.74. The third-order valence-corrected chi connectivity index (χ3v) is 3.86. The quantitative estimate of drug-likeness (QED) is 0.604. The first-order chi connectivity index (χ1) is 9.86. The fraction of sp³-hybridized carbons (Fsp3) is 0.571. The molecule has 0 radical (unpaired) electrons. The van der Waals surface area contributed by atoms with Crippen molar-refractivity contribution in [2.75, 3.05) is 14.2 Å². The molecule has 1 aromatic rings. The summed E-state index contributed by atoms with van der Waals surface area (Å²) in [4.78, 5) is 28.2. The molecule has 0 aliphatic heterocycles. The Bertz CT molecular complexity index is 588. The zero-order valence-electron chi connectivity index (χ0n) is 12.6. The molecule has 7 heteroatoms. The third kappa shape index (κ3) is 2.96. The highest BCUT2D eigenvalue weighted by Gasteiger charge is 2.54. The lowest BCUT2D eigenvalue weighted by Gasteiger charge is -2.19. The van der Waals surface area contributed by atoms with Crippen LogP contribution in [0.3, 0.4) is 0 Å². The number of pyridine rings is 1. The first-order valence-electron chi connectivity index (χ1n) is 6.74. The van der Waals surface area contributed by atoms with E-state index in [1.54, 1.807) is 20.4 Å². The summed E-state index contributed by atoms with van der Waals surface area (Å²) < 4.78 is 5.33. The number of nitrogens with zero attached hydrogens (tertiary/aromatic N) is 3. The summed E-state index contributed by atoms with van der Waals surface area (Å²) in [5, 5.41) is 10.6. The lowest BCUT2D eigenvalue weighted by molar-refractivity contribution is -0.497. The van der Waals surface area contributed by atoms with Gasteiger partial charge in [0.2, 0.25) is 11.9 Å². The summed E-state index contributed by atoms with van der Waals surface area (Å²) in [7, 11) is 3.24. The Morgan fingerprint density at radius 3 is 2.76 bits per heavy atom. The molecule has 1 aliphatic rings. The summed E-state index contributed by atoms with van der Waals surface area (Å²) in [6, 6.07) is -0.721. The van der Waals surface area contributed by atoms with Crippen LogP contribution in [-0.4, -0.2) is 40.9 Å². The highest BCUT2D eigenvalue weighted by molar-refractivity contribution is 5.81. The number of hydrogen-bond donors (Lipinski definition) is 0. The van der Waals surface area contributed by atoms with Gasteiger partial charge in [-0.15, -0.1) is 0 Å². The van der Waals surface area contributed by atoms with E-state index in [0.717, 1.165) is 22.6 Å². The molecule has 1 amide bonds. The first kappa shape index (κ1) is 15.2. The number of amides is 1. The second-order valence-corrected chi connectivity index (χ2v) is 5.44. The van der Waals surface area contributed by atoms with Crippen LogP contribution in [0.5, 0.6) is 5.75 Å². The topological polar surface area (TPSA) is 85.6 Å². The third-order valence-electron chi connectivity index (χ3n) is 3.86. The molecular weight excluding hydrogens is 274 g/mol. The summed E-state index contributed by atoms with van der Waals surface area (Å²) in [5.41, 5.74) is 2.56. The smallest absolute Gasteiger partial charge is 0.233 e. The van der Waals surface area contributed by atoms with Gasteiger partial charge in [0.15, 0.2) is 0 Å². The molecule has 1 aliphatic carbocycles. The maximum Gasteiger partial charge on any atom is 0.233 e. The van der Waals surface area contributed by atoms with Crippen molar-refractivity contribution in [2.24, 2.45) is 5.92 Å². The van der Waals surface area contributed by atoms with Gasteiger partial charge in [0.05, 0.1) is 19.3 Å². The molecule has 0 saturated heterocycles. The van der Waals surface area contributed by atoms with Gasteiger partial charge < -0.3 is 9.64 Å². The van der Waals surface area contributed by atoms with Crippen LogP contribution in [0.1, 0.15) is 23.2 Å². The largest absolute Gasteiger partial charge is 0.496 e. The lowest BCUT2D eigenvalue weighted by atomic mass is 10.1. The maximum absolute atomic E-state index is 12.1. The van der Waals surface area contributed by atoms with Crippen LogP contribution in [0.25, 0.3) is 0 Å². The van der Waals surface area contributed by atoms with E-state index in [1.807, 2.05) is 13.8 Å². The summed E-state index contributed by atoms with van der Waals surface area (Å²) in [6.07, 6.45) is 2.04. The van der Waals surface area contributed by atoms with Gasteiger partial charge in [-0.25, -0.2) is 0 Å². The molecule has 1 heterocycles. The van der Waals surface area contributed by atoms with Gasteiger partial charge in [0, 0.05) is 35.7 Å². The molecule has 114 valence electrons. The SMILES string of the molecule is COc1c(C)cnc(CN(C)C(=O)[C@@H]2C[C@H]2[N+](=O)[O-])c1C. The predicted octanol–water partition coefficient (Wildman–Crippen LogP) is 1.33. The Morgan fingerprint density at radius 2 is 2.24 bits per heavy atom. The Labute approximate surface area is 123 Å². The molecule has 1 aromatic heterocycles. The van der Waals surface area contributed by atoms with E-state index in [-0.39, 0.29) is 10.8 Å². The van der Waals surface area contributed by atoms with Gasteiger partial charge in [0.1, 0.15) is 11.7 Å². The zero-order chi connectivity index (χ0) is 15.7.